The monoisotopic (exact) mass is 310 g/mol. The molecular weight excluding hydrogens is 296 g/mol. The van der Waals surface area contributed by atoms with E-state index in [-0.39, 0.29) is 11.4 Å². The summed E-state index contributed by atoms with van der Waals surface area (Å²) in [6.07, 6.45) is 0. The zero-order chi connectivity index (χ0) is 15.6. The molecule has 0 aliphatic heterocycles. The van der Waals surface area contributed by atoms with Crippen molar-refractivity contribution in [2.45, 2.75) is 11.4 Å². The van der Waals surface area contributed by atoms with Gasteiger partial charge in [0, 0.05) is 17.8 Å². The van der Waals surface area contributed by atoms with Crippen molar-refractivity contribution >= 4 is 15.7 Å². The van der Waals surface area contributed by atoms with Crippen molar-refractivity contribution in [3.05, 3.63) is 42.0 Å². The highest BCUT2D eigenvalue weighted by molar-refractivity contribution is 7.89. The molecule has 112 valence electrons. The standard InChI is InChI=1S/C13H14N2O5S/c14-21(19,20)10-3-1-2-9(6-10)15-7-8-4-5-11(16)13(18)12(8)17/h1-6,15-18H,7H2,(H2,14,19,20). The Kier molecular flexibility index (Phi) is 3.92. The Morgan fingerprint density at radius 1 is 1.05 bits per heavy atom. The van der Waals surface area contributed by atoms with Crippen LogP contribution in [0, 0.1) is 0 Å². The first-order chi connectivity index (χ1) is 9.79. The number of phenolic OH excluding ortho intramolecular Hbond substituents is 3. The van der Waals surface area contributed by atoms with Gasteiger partial charge < -0.3 is 20.6 Å². The zero-order valence-corrected chi connectivity index (χ0v) is 11.6. The fourth-order valence-corrected chi connectivity index (χ4v) is 2.29. The van der Waals surface area contributed by atoms with Crippen LogP contribution in [0.2, 0.25) is 0 Å². The quantitative estimate of drug-likeness (QED) is 0.536. The van der Waals surface area contributed by atoms with Crippen LogP contribution in [0.25, 0.3) is 0 Å². The Bertz CT molecular complexity index is 774. The van der Waals surface area contributed by atoms with Crippen LogP contribution in [0.15, 0.2) is 41.3 Å². The van der Waals surface area contributed by atoms with E-state index >= 15 is 0 Å². The normalized spacial score (nSPS) is 11.3. The zero-order valence-electron chi connectivity index (χ0n) is 10.8. The number of rotatable bonds is 4. The lowest BCUT2D eigenvalue weighted by Gasteiger charge is -2.10. The third-order valence-electron chi connectivity index (χ3n) is 2.86. The largest absolute Gasteiger partial charge is 0.504 e. The van der Waals surface area contributed by atoms with Gasteiger partial charge in [-0.05, 0) is 30.3 Å². The lowest BCUT2D eigenvalue weighted by atomic mass is 10.1. The van der Waals surface area contributed by atoms with Crippen molar-refractivity contribution in [1.29, 1.82) is 0 Å². The Morgan fingerprint density at radius 2 is 1.76 bits per heavy atom. The first-order valence-corrected chi connectivity index (χ1v) is 7.43. The summed E-state index contributed by atoms with van der Waals surface area (Å²) in [7, 11) is -3.79. The maximum Gasteiger partial charge on any atom is 0.238 e. The van der Waals surface area contributed by atoms with Gasteiger partial charge in [-0.1, -0.05) is 6.07 Å². The molecule has 0 saturated heterocycles. The van der Waals surface area contributed by atoms with Gasteiger partial charge >= 0.3 is 0 Å². The Hall–Kier alpha value is -2.45. The van der Waals surface area contributed by atoms with Gasteiger partial charge in [0.25, 0.3) is 0 Å². The number of hydrogen-bond acceptors (Lipinski definition) is 6. The first-order valence-electron chi connectivity index (χ1n) is 5.88. The van der Waals surface area contributed by atoms with Crippen LogP contribution in [0.3, 0.4) is 0 Å². The fourth-order valence-electron chi connectivity index (χ4n) is 1.73. The average molecular weight is 310 g/mol. The number of sulfonamides is 1. The van der Waals surface area contributed by atoms with E-state index in [1.54, 1.807) is 6.07 Å². The summed E-state index contributed by atoms with van der Waals surface area (Å²) < 4.78 is 22.5. The Morgan fingerprint density at radius 3 is 2.43 bits per heavy atom. The highest BCUT2D eigenvalue weighted by Crippen LogP contribution is 2.37. The number of benzene rings is 2. The minimum absolute atomic E-state index is 0.0368. The SMILES string of the molecule is NS(=O)(=O)c1cccc(NCc2ccc(O)c(O)c2O)c1. The third-order valence-corrected chi connectivity index (χ3v) is 3.77. The molecule has 0 aromatic heterocycles. The molecule has 7 nitrogen and oxygen atoms in total. The first kappa shape index (κ1) is 14.9. The van der Waals surface area contributed by atoms with Crippen LogP contribution in [0.5, 0.6) is 17.2 Å². The molecule has 0 spiro atoms. The summed E-state index contributed by atoms with van der Waals surface area (Å²) in [4.78, 5) is -0.0368. The van der Waals surface area contributed by atoms with E-state index in [0.717, 1.165) is 0 Å². The van der Waals surface area contributed by atoms with E-state index in [4.69, 9.17) is 5.14 Å². The molecule has 0 atom stereocenters. The average Bonchev–Trinajstić information content (AvgIpc) is 2.43. The molecule has 0 aliphatic rings. The summed E-state index contributed by atoms with van der Waals surface area (Å²) >= 11 is 0. The number of nitrogens with one attached hydrogen (secondary N) is 1. The van der Waals surface area contributed by atoms with E-state index in [1.165, 1.54) is 30.3 Å². The van der Waals surface area contributed by atoms with Crippen LogP contribution < -0.4 is 10.5 Å². The van der Waals surface area contributed by atoms with Crippen molar-refractivity contribution < 1.29 is 23.7 Å². The number of hydrogen-bond donors (Lipinski definition) is 5. The molecule has 0 aliphatic carbocycles. The summed E-state index contributed by atoms with van der Waals surface area (Å²) in [6, 6.07) is 8.55. The molecule has 0 unspecified atom stereocenters. The van der Waals surface area contributed by atoms with E-state index < -0.39 is 27.3 Å². The number of aromatic hydroxyl groups is 3. The molecule has 2 aromatic carbocycles. The van der Waals surface area contributed by atoms with Gasteiger partial charge in [0.2, 0.25) is 15.8 Å². The van der Waals surface area contributed by atoms with Crippen molar-refractivity contribution in [3.8, 4) is 17.2 Å². The number of phenols is 3. The Labute approximate surface area is 121 Å². The van der Waals surface area contributed by atoms with E-state index in [9.17, 15) is 23.7 Å². The molecule has 0 amide bonds. The van der Waals surface area contributed by atoms with Crippen LogP contribution in [-0.2, 0) is 16.6 Å². The maximum atomic E-state index is 11.2. The van der Waals surface area contributed by atoms with Crippen LogP contribution in [-0.4, -0.2) is 23.7 Å². The predicted molar refractivity (Wildman–Crippen MR) is 76.6 cm³/mol. The number of anilines is 1. The van der Waals surface area contributed by atoms with E-state index in [1.807, 2.05) is 0 Å². The predicted octanol–water partition coefficient (Wildman–Crippen LogP) is 1.06. The van der Waals surface area contributed by atoms with Gasteiger partial charge in [-0.2, -0.15) is 0 Å². The highest BCUT2D eigenvalue weighted by atomic mass is 32.2. The summed E-state index contributed by atoms with van der Waals surface area (Å²) in [5.74, 6) is -1.47. The molecule has 21 heavy (non-hydrogen) atoms. The molecular formula is C13H14N2O5S. The smallest absolute Gasteiger partial charge is 0.238 e. The summed E-state index contributed by atoms with van der Waals surface area (Å²) in [6.45, 7) is 0.119. The number of primary sulfonamides is 1. The van der Waals surface area contributed by atoms with Crippen LogP contribution >= 0.6 is 0 Å². The minimum atomic E-state index is -3.79. The molecule has 2 aromatic rings. The van der Waals surface area contributed by atoms with E-state index in [0.29, 0.717) is 11.3 Å². The van der Waals surface area contributed by atoms with Gasteiger partial charge in [-0.3, -0.25) is 0 Å². The lowest BCUT2D eigenvalue weighted by molar-refractivity contribution is 0.365. The summed E-state index contributed by atoms with van der Waals surface area (Å²) in [5.41, 5.74) is 0.819. The second kappa shape index (κ2) is 5.51. The van der Waals surface area contributed by atoms with Gasteiger partial charge in [-0.15, -0.1) is 0 Å². The van der Waals surface area contributed by atoms with Gasteiger partial charge in [-0.25, -0.2) is 13.6 Å². The maximum absolute atomic E-state index is 11.2. The molecule has 0 saturated carbocycles. The second-order valence-electron chi connectivity index (χ2n) is 4.37. The van der Waals surface area contributed by atoms with Gasteiger partial charge in [0.1, 0.15) is 0 Å². The van der Waals surface area contributed by atoms with Crippen LogP contribution in [0.4, 0.5) is 5.69 Å². The van der Waals surface area contributed by atoms with Gasteiger partial charge in [0.05, 0.1) is 4.90 Å². The van der Waals surface area contributed by atoms with Gasteiger partial charge in [0.15, 0.2) is 11.5 Å². The third kappa shape index (κ3) is 3.36. The van der Waals surface area contributed by atoms with Crippen molar-refractivity contribution in [1.82, 2.24) is 0 Å². The molecule has 8 heteroatoms. The lowest BCUT2D eigenvalue weighted by Crippen LogP contribution is -2.12. The van der Waals surface area contributed by atoms with Crippen LogP contribution in [0.1, 0.15) is 5.56 Å². The minimum Gasteiger partial charge on any atom is -0.504 e. The fraction of sp³-hybridized carbons (Fsp3) is 0.0769. The Balaban J connectivity index is 2.20. The number of nitrogens with two attached hydrogens (primary N) is 1. The molecule has 2 rings (SSSR count). The molecule has 0 heterocycles. The molecule has 0 radical (unpaired) electrons. The summed E-state index contributed by atoms with van der Waals surface area (Å²) in [5, 5.41) is 36.2. The second-order valence-corrected chi connectivity index (χ2v) is 5.93. The van der Waals surface area contributed by atoms with E-state index in [2.05, 4.69) is 5.32 Å². The van der Waals surface area contributed by atoms with Crippen molar-refractivity contribution in [3.63, 3.8) is 0 Å². The topological polar surface area (TPSA) is 133 Å². The molecule has 0 bridgehead atoms. The van der Waals surface area contributed by atoms with Crippen molar-refractivity contribution in [2.75, 3.05) is 5.32 Å². The molecule has 0 fully saturated rings. The molecule has 6 N–H and O–H groups in total. The highest BCUT2D eigenvalue weighted by Gasteiger charge is 2.11. The van der Waals surface area contributed by atoms with Crippen molar-refractivity contribution in [2.24, 2.45) is 5.14 Å².